The van der Waals surface area contributed by atoms with E-state index in [0.717, 1.165) is 69.7 Å². The van der Waals surface area contributed by atoms with E-state index in [4.69, 9.17) is 0 Å². The van der Waals surface area contributed by atoms with Gasteiger partial charge in [-0.25, -0.2) is 0 Å². The SMILES string of the molecule is O=C1CCC(N2Cc3ccc(CN4CCN(C(=O)[C@H]5CCCCN5)CC4)cc3C2=O)C(=O)N1. The van der Waals surface area contributed by atoms with Crippen LogP contribution in [0.4, 0.5) is 0 Å². The molecule has 176 valence electrons. The third-order valence-electron chi connectivity index (χ3n) is 7.29. The van der Waals surface area contributed by atoms with E-state index in [-0.39, 0.29) is 36.1 Å². The third-order valence-corrected chi connectivity index (χ3v) is 7.29. The Morgan fingerprint density at radius 1 is 1.03 bits per heavy atom. The first-order valence-electron chi connectivity index (χ1n) is 12.0. The second-order valence-corrected chi connectivity index (χ2v) is 9.50. The highest BCUT2D eigenvalue weighted by Crippen LogP contribution is 2.28. The molecule has 4 amide bonds. The average Bonchev–Trinajstić information content (AvgIpc) is 3.15. The predicted molar refractivity (Wildman–Crippen MR) is 120 cm³/mol. The minimum absolute atomic E-state index is 0.0275. The second kappa shape index (κ2) is 9.23. The van der Waals surface area contributed by atoms with E-state index in [1.165, 1.54) is 0 Å². The Kier molecular flexibility index (Phi) is 6.16. The topological polar surface area (TPSA) is 102 Å². The van der Waals surface area contributed by atoms with Gasteiger partial charge < -0.3 is 15.1 Å². The van der Waals surface area contributed by atoms with Gasteiger partial charge in [-0.3, -0.25) is 29.4 Å². The highest BCUT2D eigenvalue weighted by molar-refractivity contribution is 6.05. The zero-order valence-corrected chi connectivity index (χ0v) is 18.8. The van der Waals surface area contributed by atoms with Gasteiger partial charge in [-0.15, -0.1) is 0 Å². The molecule has 5 rings (SSSR count). The summed E-state index contributed by atoms with van der Waals surface area (Å²) in [6, 6.07) is 5.34. The first-order chi connectivity index (χ1) is 16.0. The number of benzene rings is 1. The fourth-order valence-electron chi connectivity index (χ4n) is 5.37. The number of fused-ring (bicyclic) bond motifs is 1. The number of piperidine rings is 2. The van der Waals surface area contributed by atoms with Crippen LogP contribution in [0.3, 0.4) is 0 Å². The van der Waals surface area contributed by atoms with Crippen LogP contribution in [0.2, 0.25) is 0 Å². The highest BCUT2D eigenvalue weighted by Gasteiger charge is 2.39. The monoisotopic (exact) mass is 453 g/mol. The fraction of sp³-hybridized carbons (Fsp3) is 0.583. The molecule has 1 aromatic rings. The number of piperazine rings is 1. The van der Waals surface area contributed by atoms with Crippen molar-refractivity contribution in [2.45, 2.75) is 57.3 Å². The quantitative estimate of drug-likeness (QED) is 0.633. The zero-order valence-electron chi connectivity index (χ0n) is 18.8. The van der Waals surface area contributed by atoms with E-state index in [1.54, 1.807) is 4.90 Å². The minimum Gasteiger partial charge on any atom is -0.339 e. The van der Waals surface area contributed by atoms with Crippen LogP contribution >= 0.6 is 0 Å². The van der Waals surface area contributed by atoms with Crippen molar-refractivity contribution in [3.8, 4) is 0 Å². The van der Waals surface area contributed by atoms with Crippen molar-refractivity contribution in [3.05, 3.63) is 34.9 Å². The van der Waals surface area contributed by atoms with Crippen molar-refractivity contribution in [2.75, 3.05) is 32.7 Å². The van der Waals surface area contributed by atoms with Crippen LogP contribution in [0.5, 0.6) is 0 Å². The standard InChI is InChI=1S/C24H31N5O4/c30-21-7-6-20(22(31)26-21)29-15-17-5-4-16(13-18(17)23(29)32)14-27-9-11-28(12-10-27)24(33)19-3-1-2-8-25-19/h4-5,13,19-20,25H,1-3,6-12,14-15H2,(H,26,30,31)/t19-,20?/m1/s1. The van der Waals surface area contributed by atoms with Gasteiger partial charge in [0.05, 0.1) is 6.04 Å². The first kappa shape index (κ1) is 22.0. The van der Waals surface area contributed by atoms with Crippen molar-refractivity contribution in [1.82, 2.24) is 25.3 Å². The molecule has 0 spiro atoms. The van der Waals surface area contributed by atoms with E-state index in [9.17, 15) is 19.2 Å². The number of nitrogens with zero attached hydrogens (tertiary/aromatic N) is 3. The number of carbonyl (C=O) groups is 4. The van der Waals surface area contributed by atoms with Crippen LogP contribution < -0.4 is 10.6 Å². The number of rotatable bonds is 4. The summed E-state index contributed by atoms with van der Waals surface area (Å²) in [6.07, 6.45) is 3.81. The normalized spacial score (nSPS) is 26.4. The lowest BCUT2D eigenvalue weighted by atomic mass is 10.0. The summed E-state index contributed by atoms with van der Waals surface area (Å²) in [5.41, 5.74) is 2.62. The van der Waals surface area contributed by atoms with Crippen LogP contribution in [0.15, 0.2) is 18.2 Å². The van der Waals surface area contributed by atoms with E-state index in [2.05, 4.69) is 15.5 Å². The van der Waals surface area contributed by atoms with Gasteiger partial charge in [-0.1, -0.05) is 18.6 Å². The van der Waals surface area contributed by atoms with Crippen LogP contribution in [0.25, 0.3) is 0 Å². The first-order valence-corrected chi connectivity index (χ1v) is 12.0. The van der Waals surface area contributed by atoms with Gasteiger partial charge in [0.25, 0.3) is 5.91 Å². The predicted octanol–water partition coefficient (Wildman–Crippen LogP) is 0.234. The second-order valence-electron chi connectivity index (χ2n) is 9.50. The molecule has 33 heavy (non-hydrogen) atoms. The maximum absolute atomic E-state index is 13.0. The average molecular weight is 454 g/mol. The Balaban J connectivity index is 1.17. The summed E-state index contributed by atoms with van der Waals surface area (Å²) >= 11 is 0. The Labute approximate surface area is 193 Å². The van der Waals surface area contributed by atoms with Gasteiger partial charge in [0, 0.05) is 51.3 Å². The number of nitrogens with one attached hydrogen (secondary N) is 2. The van der Waals surface area contributed by atoms with Gasteiger partial charge in [-0.2, -0.15) is 0 Å². The lowest BCUT2D eigenvalue weighted by Gasteiger charge is -2.37. The van der Waals surface area contributed by atoms with Crippen LogP contribution in [-0.4, -0.2) is 83.1 Å². The molecule has 2 N–H and O–H groups in total. The summed E-state index contributed by atoms with van der Waals surface area (Å²) in [5, 5.41) is 5.69. The van der Waals surface area contributed by atoms with E-state index < -0.39 is 6.04 Å². The van der Waals surface area contributed by atoms with Crippen molar-refractivity contribution < 1.29 is 19.2 Å². The fourth-order valence-corrected chi connectivity index (χ4v) is 5.37. The Morgan fingerprint density at radius 2 is 1.85 bits per heavy atom. The van der Waals surface area contributed by atoms with Crippen molar-refractivity contribution in [2.24, 2.45) is 0 Å². The molecule has 3 fully saturated rings. The molecule has 2 atom stereocenters. The zero-order chi connectivity index (χ0) is 22.9. The lowest BCUT2D eigenvalue weighted by molar-refractivity contribution is -0.137. The van der Waals surface area contributed by atoms with E-state index in [0.29, 0.717) is 18.5 Å². The number of imide groups is 1. The highest BCUT2D eigenvalue weighted by atomic mass is 16.2. The van der Waals surface area contributed by atoms with Gasteiger partial charge in [0.15, 0.2) is 0 Å². The van der Waals surface area contributed by atoms with Crippen LogP contribution in [0.1, 0.15) is 53.6 Å². The molecule has 1 unspecified atom stereocenters. The molecule has 1 aromatic carbocycles. The molecule has 4 heterocycles. The molecule has 0 bridgehead atoms. The van der Waals surface area contributed by atoms with Crippen LogP contribution in [-0.2, 0) is 27.5 Å². The Hall–Kier alpha value is -2.78. The smallest absolute Gasteiger partial charge is 0.255 e. The van der Waals surface area contributed by atoms with Crippen molar-refractivity contribution >= 4 is 23.6 Å². The Morgan fingerprint density at radius 3 is 2.58 bits per heavy atom. The molecule has 3 saturated heterocycles. The largest absolute Gasteiger partial charge is 0.339 e. The number of hydrogen-bond acceptors (Lipinski definition) is 6. The minimum atomic E-state index is -0.588. The summed E-state index contributed by atoms with van der Waals surface area (Å²) in [7, 11) is 0. The molecule has 9 nitrogen and oxygen atoms in total. The van der Waals surface area contributed by atoms with Gasteiger partial charge in [-0.05, 0) is 43.0 Å². The summed E-state index contributed by atoms with van der Waals surface area (Å²) in [5.74, 6) is -0.578. The van der Waals surface area contributed by atoms with Gasteiger partial charge in [0.1, 0.15) is 6.04 Å². The van der Waals surface area contributed by atoms with Gasteiger partial charge in [0.2, 0.25) is 17.7 Å². The molecule has 0 aliphatic carbocycles. The molecule has 0 radical (unpaired) electrons. The van der Waals surface area contributed by atoms with Crippen molar-refractivity contribution in [1.29, 1.82) is 0 Å². The lowest BCUT2D eigenvalue weighted by Crippen LogP contribution is -2.54. The molecular weight excluding hydrogens is 422 g/mol. The molecule has 0 saturated carbocycles. The molecular formula is C24H31N5O4. The summed E-state index contributed by atoms with van der Waals surface area (Å²) < 4.78 is 0. The molecule has 9 heteroatoms. The summed E-state index contributed by atoms with van der Waals surface area (Å²) in [6.45, 7) is 5.12. The van der Waals surface area contributed by atoms with Gasteiger partial charge >= 0.3 is 0 Å². The number of hydrogen-bond donors (Lipinski definition) is 2. The third kappa shape index (κ3) is 4.52. The van der Waals surface area contributed by atoms with E-state index in [1.807, 2.05) is 23.1 Å². The molecule has 4 aliphatic rings. The summed E-state index contributed by atoms with van der Waals surface area (Å²) in [4.78, 5) is 55.3. The maximum Gasteiger partial charge on any atom is 0.255 e. The van der Waals surface area contributed by atoms with Crippen LogP contribution in [0, 0.1) is 0 Å². The molecule has 0 aromatic heterocycles. The number of carbonyl (C=O) groups excluding carboxylic acids is 4. The maximum atomic E-state index is 13.0. The Bertz CT molecular complexity index is 966. The van der Waals surface area contributed by atoms with E-state index >= 15 is 0 Å². The van der Waals surface area contributed by atoms with Crippen molar-refractivity contribution in [3.63, 3.8) is 0 Å². The number of amides is 4. The molecule has 4 aliphatic heterocycles.